The molecule has 0 aliphatic rings. The monoisotopic (exact) mass is 342 g/mol. The van der Waals surface area contributed by atoms with Gasteiger partial charge in [-0.1, -0.05) is 20.8 Å². The number of hydrogen-bond acceptors (Lipinski definition) is 4. The van der Waals surface area contributed by atoms with E-state index in [-0.39, 0.29) is 23.9 Å². The summed E-state index contributed by atoms with van der Waals surface area (Å²) in [4.78, 5) is 35.8. The molecule has 6 heteroatoms. The standard InChI is InChI=1S/C19H26N4O2/c1-5-16(12(2)3)22-17(24)9-8-15-13(4)21-18(23-19(15)25)14-7-6-10-20-11-14/h6-7,10-12,16H,5,8-9H2,1-4H3,(H,22,24)(H,21,23,25)/t16-/m1/s1. The van der Waals surface area contributed by atoms with Crippen molar-refractivity contribution in [2.24, 2.45) is 5.92 Å². The Hall–Kier alpha value is -2.50. The molecular formula is C19H26N4O2. The summed E-state index contributed by atoms with van der Waals surface area (Å²) < 4.78 is 0. The molecule has 0 bridgehead atoms. The molecule has 2 heterocycles. The maximum Gasteiger partial charge on any atom is 0.254 e. The summed E-state index contributed by atoms with van der Waals surface area (Å²) in [5.41, 5.74) is 1.76. The van der Waals surface area contributed by atoms with Gasteiger partial charge in [-0.3, -0.25) is 14.6 Å². The van der Waals surface area contributed by atoms with E-state index in [1.165, 1.54) is 0 Å². The first-order valence-electron chi connectivity index (χ1n) is 8.72. The van der Waals surface area contributed by atoms with Crippen LogP contribution in [0, 0.1) is 12.8 Å². The Bertz CT molecular complexity index is 769. The molecule has 134 valence electrons. The molecular weight excluding hydrogens is 316 g/mol. The van der Waals surface area contributed by atoms with Crippen LogP contribution < -0.4 is 10.9 Å². The fourth-order valence-electron chi connectivity index (χ4n) is 2.80. The van der Waals surface area contributed by atoms with Crippen molar-refractivity contribution in [2.75, 3.05) is 0 Å². The first kappa shape index (κ1) is 18.8. The molecule has 0 radical (unpaired) electrons. The van der Waals surface area contributed by atoms with Crippen LogP contribution in [0.4, 0.5) is 0 Å². The molecule has 0 aliphatic heterocycles. The maximum absolute atomic E-state index is 12.4. The SMILES string of the molecule is CC[C@@H](NC(=O)CCc1c(C)nc(-c2cccnc2)[nH]c1=O)C(C)C. The molecule has 2 rings (SSSR count). The fraction of sp³-hybridized carbons (Fsp3) is 0.474. The number of pyridine rings is 1. The van der Waals surface area contributed by atoms with Crippen molar-refractivity contribution in [1.82, 2.24) is 20.3 Å². The van der Waals surface area contributed by atoms with Crippen LogP contribution in [0.25, 0.3) is 11.4 Å². The van der Waals surface area contributed by atoms with Crippen LogP contribution in [0.1, 0.15) is 44.9 Å². The molecule has 2 aromatic rings. The zero-order valence-electron chi connectivity index (χ0n) is 15.3. The van der Waals surface area contributed by atoms with Crippen molar-refractivity contribution >= 4 is 5.91 Å². The summed E-state index contributed by atoms with van der Waals surface area (Å²) in [6.45, 7) is 8.03. The first-order chi connectivity index (χ1) is 11.9. The molecule has 0 saturated carbocycles. The van der Waals surface area contributed by atoms with Gasteiger partial charge in [0.25, 0.3) is 5.56 Å². The van der Waals surface area contributed by atoms with Gasteiger partial charge in [-0.25, -0.2) is 4.98 Å². The van der Waals surface area contributed by atoms with Crippen LogP contribution in [0.3, 0.4) is 0 Å². The van der Waals surface area contributed by atoms with Crippen LogP contribution in [0.2, 0.25) is 0 Å². The Balaban J connectivity index is 2.08. The van der Waals surface area contributed by atoms with E-state index in [9.17, 15) is 9.59 Å². The quantitative estimate of drug-likeness (QED) is 0.809. The number of aromatic nitrogens is 3. The summed E-state index contributed by atoms with van der Waals surface area (Å²) in [5, 5.41) is 3.03. The number of rotatable bonds is 7. The van der Waals surface area contributed by atoms with E-state index in [2.05, 4.69) is 41.0 Å². The number of H-pyrrole nitrogens is 1. The number of carbonyl (C=O) groups excluding carboxylic acids is 1. The Morgan fingerprint density at radius 1 is 1.36 bits per heavy atom. The Morgan fingerprint density at radius 3 is 2.68 bits per heavy atom. The van der Waals surface area contributed by atoms with E-state index in [1.54, 1.807) is 25.4 Å². The van der Waals surface area contributed by atoms with Gasteiger partial charge in [0.15, 0.2) is 0 Å². The van der Waals surface area contributed by atoms with Gasteiger partial charge in [0.1, 0.15) is 5.82 Å². The number of nitrogens with zero attached hydrogens (tertiary/aromatic N) is 2. The minimum atomic E-state index is -0.199. The summed E-state index contributed by atoms with van der Waals surface area (Å²) >= 11 is 0. The number of aryl methyl sites for hydroxylation is 1. The smallest absolute Gasteiger partial charge is 0.254 e. The van der Waals surface area contributed by atoms with Crippen LogP contribution in [0.5, 0.6) is 0 Å². The second-order valence-electron chi connectivity index (χ2n) is 6.55. The molecule has 2 N–H and O–H groups in total. The molecule has 0 aromatic carbocycles. The van der Waals surface area contributed by atoms with Gasteiger partial charge in [0, 0.05) is 41.7 Å². The molecule has 1 amide bonds. The van der Waals surface area contributed by atoms with Crippen LogP contribution in [0.15, 0.2) is 29.3 Å². The van der Waals surface area contributed by atoms with Crippen molar-refractivity contribution in [1.29, 1.82) is 0 Å². The molecule has 0 aliphatic carbocycles. The normalized spacial score (nSPS) is 12.2. The molecule has 0 unspecified atom stereocenters. The highest BCUT2D eigenvalue weighted by Crippen LogP contribution is 2.13. The van der Waals surface area contributed by atoms with Gasteiger partial charge < -0.3 is 10.3 Å². The molecule has 25 heavy (non-hydrogen) atoms. The third-order valence-electron chi connectivity index (χ3n) is 4.35. The third kappa shape index (κ3) is 4.98. The first-order valence-corrected chi connectivity index (χ1v) is 8.72. The molecule has 1 atom stereocenters. The highest BCUT2D eigenvalue weighted by Gasteiger charge is 2.16. The molecule has 6 nitrogen and oxygen atoms in total. The Kier molecular flexibility index (Phi) is 6.44. The number of carbonyl (C=O) groups is 1. The van der Waals surface area contributed by atoms with Crippen LogP contribution in [-0.2, 0) is 11.2 Å². The number of aromatic amines is 1. The molecule has 0 spiro atoms. The zero-order valence-corrected chi connectivity index (χ0v) is 15.3. The molecule has 0 fully saturated rings. The molecule has 2 aromatic heterocycles. The lowest BCUT2D eigenvalue weighted by Crippen LogP contribution is -2.38. The van der Waals surface area contributed by atoms with E-state index in [4.69, 9.17) is 0 Å². The summed E-state index contributed by atoms with van der Waals surface area (Å²) in [6, 6.07) is 3.80. The second kappa shape index (κ2) is 8.55. The summed E-state index contributed by atoms with van der Waals surface area (Å²) in [7, 11) is 0. The number of amides is 1. The predicted molar refractivity (Wildman–Crippen MR) is 98.2 cm³/mol. The lowest BCUT2D eigenvalue weighted by atomic mass is 10.0. The van der Waals surface area contributed by atoms with Crippen molar-refractivity contribution in [3.63, 3.8) is 0 Å². The maximum atomic E-state index is 12.4. The number of nitrogens with one attached hydrogen (secondary N) is 2. The van der Waals surface area contributed by atoms with Crippen LogP contribution >= 0.6 is 0 Å². The topological polar surface area (TPSA) is 87.7 Å². The van der Waals surface area contributed by atoms with Gasteiger partial charge in [0.2, 0.25) is 5.91 Å². The summed E-state index contributed by atoms with van der Waals surface area (Å²) in [5.74, 6) is 0.852. The van der Waals surface area contributed by atoms with E-state index in [0.29, 0.717) is 29.4 Å². The minimum absolute atomic E-state index is 0.0318. The van der Waals surface area contributed by atoms with Gasteiger partial charge in [0.05, 0.1) is 0 Å². The van der Waals surface area contributed by atoms with E-state index in [1.807, 2.05) is 6.07 Å². The summed E-state index contributed by atoms with van der Waals surface area (Å²) in [6.07, 6.45) is 4.87. The average molecular weight is 342 g/mol. The van der Waals surface area contributed by atoms with Gasteiger partial charge in [-0.2, -0.15) is 0 Å². The van der Waals surface area contributed by atoms with Gasteiger partial charge in [-0.05, 0) is 37.8 Å². The number of hydrogen-bond donors (Lipinski definition) is 2. The largest absolute Gasteiger partial charge is 0.353 e. The highest BCUT2D eigenvalue weighted by molar-refractivity contribution is 5.76. The van der Waals surface area contributed by atoms with E-state index >= 15 is 0 Å². The minimum Gasteiger partial charge on any atom is -0.353 e. The van der Waals surface area contributed by atoms with E-state index in [0.717, 1.165) is 12.0 Å². The van der Waals surface area contributed by atoms with Crippen molar-refractivity contribution in [3.05, 3.63) is 46.1 Å². The molecule has 0 saturated heterocycles. The van der Waals surface area contributed by atoms with Crippen molar-refractivity contribution < 1.29 is 4.79 Å². The van der Waals surface area contributed by atoms with Gasteiger partial charge >= 0.3 is 0 Å². The van der Waals surface area contributed by atoms with Crippen molar-refractivity contribution in [2.45, 2.75) is 53.0 Å². The lowest BCUT2D eigenvalue weighted by Gasteiger charge is -2.20. The highest BCUT2D eigenvalue weighted by atomic mass is 16.1. The van der Waals surface area contributed by atoms with Crippen LogP contribution in [-0.4, -0.2) is 26.9 Å². The predicted octanol–water partition coefficient (Wildman–Crippen LogP) is 2.62. The Morgan fingerprint density at radius 2 is 2.12 bits per heavy atom. The second-order valence-corrected chi connectivity index (χ2v) is 6.55. The zero-order chi connectivity index (χ0) is 18.4. The van der Waals surface area contributed by atoms with Crippen molar-refractivity contribution in [3.8, 4) is 11.4 Å². The third-order valence-corrected chi connectivity index (χ3v) is 4.35. The lowest BCUT2D eigenvalue weighted by molar-refractivity contribution is -0.122. The van der Waals surface area contributed by atoms with E-state index < -0.39 is 0 Å². The Labute approximate surface area is 148 Å². The fourth-order valence-corrected chi connectivity index (χ4v) is 2.80. The average Bonchev–Trinajstić information content (AvgIpc) is 2.59. The van der Waals surface area contributed by atoms with Gasteiger partial charge in [-0.15, -0.1) is 0 Å².